The topological polar surface area (TPSA) is 38.3 Å². The van der Waals surface area contributed by atoms with Crippen LogP contribution in [0.3, 0.4) is 0 Å². The monoisotopic (exact) mass is 349 g/mol. The molecule has 0 atom stereocenters. The number of hydrogen-bond acceptors (Lipinski definition) is 2. The van der Waals surface area contributed by atoms with Gasteiger partial charge in [0.05, 0.1) is 11.6 Å². The highest BCUT2D eigenvalue weighted by molar-refractivity contribution is 9.10. The molecule has 0 aliphatic heterocycles. The largest absolute Gasteiger partial charge is 0.496 e. The standard InChI is InChI=1S/C16H13BrFNO2/c1-21-15-7-5-11(9-14(15)17)6-8-16(20)19-13-4-2-3-12(18)10-13/h2-10H,1H3,(H,19,20)/b8-6+. The Morgan fingerprint density at radius 3 is 2.76 bits per heavy atom. The van der Waals surface area contributed by atoms with Crippen LogP contribution in [0, 0.1) is 5.82 Å². The van der Waals surface area contributed by atoms with Gasteiger partial charge in [-0.25, -0.2) is 4.39 Å². The van der Waals surface area contributed by atoms with E-state index in [1.165, 1.54) is 24.3 Å². The second-order valence-corrected chi connectivity index (χ2v) is 5.08. The van der Waals surface area contributed by atoms with E-state index in [0.29, 0.717) is 5.69 Å². The molecule has 21 heavy (non-hydrogen) atoms. The Labute approximate surface area is 130 Å². The highest BCUT2D eigenvalue weighted by Crippen LogP contribution is 2.25. The molecule has 3 nitrogen and oxygen atoms in total. The van der Waals surface area contributed by atoms with Gasteiger partial charge in [0.1, 0.15) is 11.6 Å². The molecule has 1 amide bonds. The SMILES string of the molecule is COc1ccc(/C=C/C(=O)Nc2cccc(F)c2)cc1Br. The summed E-state index contributed by atoms with van der Waals surface area (Å²) in [5, 5.41) is 2.59. The number of carbonyl (C=O) groups is 1. The van der Waals surface area contributed by atoms with Gasteiger partial charge in [-0.2, -0.15) is 0 Å². The zero-order chi connectivity index (χ0) is 15.2. The molecule has 0 heterocycles. The molecule has 0 saturated carbocycles. The maximum atomic E-state index is 13.0. The molecule has 2 rings (SSSR count). The lowest BCUT2D eigenvalue weighted by Crippen LogP contribution is -2.07. The van der Waals surface area contributed by atoms with Crippen LogP contribution in [-0.2, 0) is 4.79 Å². The lowest BCUT2D eigenvalue weighted by atomic mass is 10.2. The van der Waals surface area contributed by atoms with Crippen molar-refractivity contribution in [3.63, 3.8) is 0 Å². The van der Waals surface area contributed by atoms with Gasteiger partial charge in [0, 0.05) is 11.8 Å². The van der Waals surface area contributed by atoms with E-state index in [9.17, 15) is 9.18 Å². The number of amides is 1. The van der Waals surface area contributed by atoms with Crippen LogP contribution in [0.15, 0.2) is 53.0 Å². The average molecular weight is 350 g/mol. The summed E-state index contributed by atoms with van der Waals surface area (Å²) in [6.45, 7) is 0. The van der Waals surface area contributed by atoms with Gasteiger partial charge in [0.2, 0.25) is 5.91 Å². The van der Waals surface area contributed by atoms with Crippen molar-refractivity contribution in [1.82, 2.24) is 0 Å². The fourth-order valence-corrected chi connectivity index (χ4v) is 2.27. The lowest BCUT2D eigenvalue weighted by molar-refractivity contribution is -0.111. The van der Waals surface area contributed by atoms with Crippen molar-refractivity contribution in [3.8, 4) is 5.75 Å². The molecular weight excluding hydrogens is 337 g/mol. The van der Waals surface area contributed by atoms with E-state index >= 15 is 0 Å². The van der Waals surface area contributed by atoms with E-state index in [1.54, 1.807) is 25.3 Å². The van der Waals surface area contributed by atoms with E-state index in [0.717, 1.165) is 15.8 Å². The molecule has 0 bridgehead atoms. The first kappa shape index (κ1) is 15.3. The third-order valence-corrected chi connectivity index (χ3v) is 3.31. The van der Waals surface area contributed by atoms with Crippen LogP contribution in [0.2, 0.25) is 0 Å². The molecule has 5 heteroatoms. The fraction of sp³-hybridized carbons (Fsp3) is 0.0625. The van der Waals surface area contributed by atoms with Crippen molar-refractivity contribution in [2.45, 2.75) is 0 Å². The second kappa shape index (κ2) is 7.04. The molecule has 0 fully saturated rings. The third-order valence-electron chi connectivity index (χ3n) is 2.70. The Balaban J connectivity index is 2.03. The van der Waals surface area contributed by atoms with E-state index in [4.69, 9.17) is 4.74 Å². The zero-order valence-electron chi connectivity index (χ0n) is 11.3. The van der Waals surface area contributed by atoms with Crippen LogP contribution in [0.4, 0.5) is 10.1 Å². The molecule has 0 aliphatic carbocycles. The predicted octanol–water partition coefficient (Wildman–Crippen LogP) is 4.25. The minimum Gasteiger partial charge on any atom is -0.496 e. The first-order valence-electron chi connectivity index (χ1n) is 6.16. The van der Waals surface area contributed by atoms with Crippen LogP contribution < -0.4 is 10.1 Å². The van der Waals surface area contributed by atoms with Crippen LogP contribution in [0.1, 0.15) is 5.56 Å². The quantitative estimate of drug-likeness (QED) is 0.838. The molecule has 1 N–H and O–H groups in total. The highest BCUT2D eigenvalue weighted by Gasteiger charge is 2.01. The Kier molecular flexibility index (Phi) is 5.11. The summed E-state index contributed by atoms with van der Waals surface area (Å²) in [7, 11) is 1.59. The normalized spacial score (nSPS) is 10.6. The van der Waals surface area contributed by atoms with Crippen molar-refractivity contribution in [3.05, 3.63) is 64.4 Å². The summed E-state index contributed by atoms with van der Waals surface area (Å²) in [5.41, 5.74) is 1.26. The van der Waals surface area contributed by atoms with Gasteiger partial charge in [-0.05, 0) is 57.9 Å². The number of anilines is 1. The molecule has 0 saturated heterocycles. The van der Waals surface area contributed by atoms with Crippen LogP contribution in [0.25, 0.3) is 6.08 Å². The number of rotatable bonds is 4. The third kappa shape index (κ3) is 4.43. The van der Waals surface area contributed by atoms with E-state index in [1.807, 2.05) is 12.1 Å². The van der Waals surface area contributed by atoms with Crippen LogP contribution >= 0.6 is 15.9 Å². The highest BCUT2D eigenvalue weighted by atomic mass is 79.9. The summed E-state index contributed by atoms with van der Waals surface area (Å²) in [5.74, 6) is -0.000215. The number of ether oxygens (including phenoxy) is 1. The summed E-state index contributed by atoms with van der Waals surface area (Å²) < 4.78 is 18.9. The van der Waals surface area contributed by atoms with Crippen molar-refractivity contribution < 1.29 is 13.9 Å². The van der Waals surface area contributed by atoms with E-state index in [2.05, 4.69) is 21.2 Å². The maximum Gasteiger partial charge on any atom is 0.248 e. The van der Waals surface area contributed by atoms with Crippen molar-refractivity contribution in [1.29, 1.82) is 0 Å². The predicted molar refractivity (Wildman–Crippen MR) is 84.8 cm³/mol. The smallest absolute Gasteiger partial charge is 0.248 e. The van der Waals surface area contributed by atoms with Gasteiger partial charge in [-0.15, -0.1) is 0 Å². The molecular formula is C16H13BrFNO2. The molecule has 2 aromatic rings. The molecule has 2 aromatic carbocycles. The minimum absolute atomic E-state index is 0.326. The zero-order valence-corrected chi connectivity index (χ0v) is 12.9. The number of benzene rings is 2. The van der Waals surface area contributed by atoms with Crippen molar-refractivity contribution in [2.24, 2.45) is 0 Å². The minimum atomic E-state index is -0.393. The molecule has 0 aliphatic rings. The van der Waals surface area contributed by atoms with Gasteiger partial charge in [-0.3, -0.25) is 4.79 Å². The van der Waals surface area contributed by atoms with Gasteiger partial charge in [0.25, 0.3) is 0 Å². The van der Waals surface area contributed by atoms with Gasteiger partial charge in [0.15, 0.2) is 0 Å². The maximum absolute atomic E-state index is 13.0. The van der Waals surface area contributed by atoms with E-state index < -0.39 is 5.82 Å². The number of halogens is 2. The van der Waals surface area contributed by atoms with Crippen molar-refractivity contribution >= 4 is 33.6 Å². The van der Waals surface area contributed by atoms with Crippen LogP contribution in [-0.4, -0.2) is 13.0 Å². The van der Waals surface area contributed by atoms with Gasteiger partial charge in [-0.1, -0.05) is 12.1 Å². The van der Waals surface area contributed by atoms with E-state index in [-0.39, 0.29) is 5.91 Å². The summed E-state index contributed by atoms with van der Waals surface area (Å²) in [6.07, 6.45) is 3.05. The Hall–Kier alpha value is -2.14. The number of nitrogens with one attached hydrogen (secondary N) is 1. The first-order chi connectivity index (χ1) is 10.1. The summed E-state index contributed by atoms with van der Waals surface area (Å²) >= 11 is 3.37. The fourth-order valence-electron chi connectivity index (χ4n) is 1.71. The molecule has 0 aromatic heterocycles. The van der Waals surface area contributed by atoms with Crippen LogP contribution in [0.5, 0.6) is 5.75 Å². The molecule has 0 spiro atoms. The Bertz CT molecular complexity index is 686. The number of methoxy groups -OCH3 is 1. The number of hydrogen-bond donors (Lipinski definition) is 1. The Morgan fingerprint density at radius 2 is 2.10 bits per heavy atom. The summed E-state index contributed by atoms with van der Waals surface area (Å²) in [6, 6.07) is 11.2. The molecule has 0 radical (unpaired) electrons. The second-order valence-electron chi connectivity index (χ2n) is 4.23. The summed E-state index contributed by atoms with van der Waals surface area (Å²) in [4.78, 5) is 11.7. The lowest BCUT2D eigenvalue weighted by Gasteiger charge is -2.04. The molecule has 108 valence electrons. The van der Waals surface area contributed by atoms with Gasteiger partial charge >= 0.3 is 0 Å². The first-order valence-corrected chi connectivity index (χ1v) is 6.96. The van der Waals surface area contributed by atoms with Gasteiger partial charge < -0.3 is 10.1 Å². The Morgan fingerprint density at radius 1 is 1.29 bits per heavy atom. The van der Waals surface area contributed by atoms with Crippen molar-refractivity contribution in [2.75, 3.05) is 12.4 Å². The average Bonchev–Trinajstić information content (AvgIpc) is 2.45. The molecule has 0 unspecified atom stereocenters. The number of carbonyl (C=O) groups excluding carboxylic acids is 1.